The molecule has 0 unspecified atom stereocenters. The number of fused-ring (bicyclic) bond motifs is 31. The summed E-state index contributed by atoms with van der Waals surface area (Å²) < 4.78 is 6.74. The van der Waals surface area contributed by atoms with Gasteiger partial charge in [-0.3, -0.25) is 13.2 Å². The lowest BCUT2D eigenvalue weighted by molar-refractivity contribution is 1.30. The average Bonchev–Trinajstić information content (AvgIpc) is 1.80. The molecule has 0 saturated carbocycles. The van der Waals surface area contributed by atoms with E-state index < -0.39 is 0 Å². The predicted molar refractivity (Wildman–Crippen MR) is 363 cm³/mol. The highest BCUT2D eigenvalue weighted by molar-refractivity contribution is 6.27. The Morgan fingerprint density at radius 1 is 0.258 bits per heavy atom. The fraction of sp³-hybridized carbons (Fsp3) is 0. The van der Waals surface area contributed by atoms with Crippen LogP contribution in [0.25, 0.3) is 191 Å². The summed E-state index contributed by atoms with van der Waals surface area (Å²) >= 11 is 0. The van der Waals surface area contributed by atoms with Gasteiger partial charge in [0.2, 0.25) is 0 Å². The third-order valence-corrected chi connectivity index (χ3v) is 19.1. The van der Waals surface area contributed by atoms with Crippen LogP contribution < -0.4 is 0 Å². The zero-order valence-corrected chi connectivity index (χ0v) is 47.0. The second kappa shape index (κ2) is 17.2. The Labute approximate surface area is 503 Å². The highest BCUT2D eigenvalue weighted by Crippen LogP contribution is 2.44. The van der Waals surface area contributed by atoms with Crippen molar-refractivity contribution >= 4 is 169 Å². The van der Waals surface area contributed by atoms with Gasteiger partial charge in [0.15, 0.2) is 0 Å². The second-order valence-electron chi connectivity index (χ2n) is 23.6. The summed E-state index contributed by atoms with van der Waals surface area (Å²) in [6.45, 7) is 0. The number of imidazole rings is 3. The van der Waals surface area contributed by atoms with Crippen LogP contribution in [-0.4, -0.2) is 28.2 Å². The van der Waals surface area contributed by atoms with Crippen LogP contribution in [0.15, 0.2) is 237 Å². The Bertz CT molecular complexity index is 6900. The van der Waals surface area contributed by atoms with Crippen molar-refractivity contribution in [2.45, 2.75) is 0 Å². The molecule has 0 aliphatic heterocycles. The van der Waals surface area contributed by atoms with Crippen molar-refractivity contribution in [2.24, 2.45) is 0 Å². The van der Waals surface area contributed by atoms with Crippen molar-refractivity contribution in [3.63, 3.8) is 0 Å². The molecular weight excluding hydrogens is 1090 g/mol. The van der Waals surface area contributed by atoms with Crippen molar-refractivity contribution in [3.8, 4) is 40.5 Å². The molecule has 0 amide bonds. The van der Waals surface area contributed by atoms with Gasteiger partial charge in [-0.05, 0) is 184 Å². The molecule has 0 fully saturated rings. The normalized spacial score (nSPS) is 12.2. The highest BCUT2D eigenvalue weighted by Gasteiger charge is 2.24. The van der Waals surface area contributed by atoms with Gasteiger partial charge >= 0.3 is 0 Å². The van der Waals surface area contributed by atoms with Crippen molar-refractivity contribution in [1.82, 2.24) is 28.2 Å². The third kappa shape index (κ3) is 6.40. The van der Waals surface area contributed by atoms with E-state index in [2.05, 4.69) is 233 Å². The lowest BCUT2D eigenvalue weighted by Crippen LogP contribution is -1.99. The number of benzene rings is 14. The molecule has 9 nitrogen and oxygen atoms in total. The number of rotatable bonds is 2. The second-order valence-corrected chi connectivity index (χ2v) is 23.6. The van der Waals surface area contributed by atoms with E-state index in [-0.39, 0.29) is 16.7 Å². The molecule has 0 saturated heterocycles. The van der Waals surface area contributed by atoms with Crippen molar-refractivity contribution in [2.75, 3.05) is 0 Å². The number of para-hydroxylation sites is 2. The summed E-state index contributed by atoms with van der Waals surface area (Å²) in [6.07, 6.45) is 0. The summed E-state index contributed by atoms with van der Waals surface area (Å²) in [5.41, 5.74) is 15.6. The summed E-state index contributed by atoms with van der Waals surface area (Å²) in [4.78, 5) is 16.2. The first kappa shape index (κ1) is 47.6. The Balaban J connectivity index is 0.752. The van der Waals surface area contributed by atoms with Crippen LogP contribution in [-0.2, 0) is 0 Å². The van der Waals surface area contributed by atoms with Gasteiger partial charge in [-0.2, -0.15) is 15.8 Å². The maximum Gasteiger partial charge on any atom is 0.146 e. The van der Waals surface area contributed by atoms with E-state index in [4.69, 9.17) is 15.0 Å². The largest absolute Gasteiger partial charge is 0.292 e. The van der Waals surface area contributed by atoms with Crippen LogP contribution >= 0.6 is 0 Å². The minimum atomic E-state index is 0.0682. The molecule has 6 heterocycles. The minimum Gasteiger partial charge on any atom is -0.292 e. The van der Waals surface area contributed by atoms with Gasteiger partial charge in [0.1, 0.15) is 35.1 Å². The van der Waals surface area contributed by atoms with E-state index in [0.29, 0.717) is 16.6 Å². The lowest BCUT2D eigenvalue weighted by Gasteiger charge is -2.14. The van der Waals surface area contributed by atoms with Crippen LogP contribution in [0.1, 0.15) is 16.7 Å². The Morgan fingerprint density at radius 2 is 0.708 bits per heavy atom. The van der Waals surface area contributed by atoms with Crippen LogP contribution in [0.3, 0.4) is 0 Å². The SMILES string of the molecule is N#Cc1cc2c(c(C#N)c1C#N)c1cc3cc(-c4ccc5c(c4)nc4c6cc7ccc(-c8ccc9c(c8)nc8c%10cc%11ccccc%11cc%10c%10c%11ccccc%11ccc%10n98)cc7cc6c6ccc7ccccc7c6n54)ccc3cc1c1nc3ccccc3n21. The Kier molecular flexibility index (Phi) is 9.21. The number of aromatic nitrogens is 6. The fourth-order valence-electron chi connectivity index (χ4n) is 15.1. The summed E-state index contributed by atoms with van der Waals surface area (Å²) in [7, 11) is 0. The average molecular weight is 1130 g/mol. The molecule has 89 heavy (non-hydrogen) atoms. The van der Waals surface area contributed by atoms with Gasteiger partial charge in [0.25, 0.3) is 0 Å². The van der Waals surface area contributed by atoms with E-state index in [0.717, 1.165) is 142 Å². The van der Waals surface area contributed by atoms with Gasteiger partial charge in [-0.1, -0.05) is 140 Å². The molecular formula is C80H39N9. The van der Waals surface area contributed by atoms with Crippen molar-refractivity contribution in [3.05, 3.63) is 253 Å². The molecule has 0 atom stereocenters. The Hall–Kier alpha value is -12.7. The molecule has 6 aromatic heterocycles. The zero-order chi connectivity index (χ0) is 58.5. The molecule has 0 aliphatic rings. The van der Waals surface area contributed by atoms with Crippen molar-refractivity contribution in [1.29, 1.82) is 15.8 Å². The summed E-state index contributed by atoms with van der Waals surface area (Å²) in [5.74, 6) is 0. The van der Waals surface area contributed by atoms with E-state index in [1.165, 1.54) is 32.3 Å². The topological polar surface area (TPSA) is 123 Å². The van der Waals surface area contributed by atoms with Gasteiger partial charge in [0.05, 0.1) is 66.3 Å². The molecule has 404 valence electrons. The van der Waals surface area contributed by atoms with E-state index >= 15 is 0 Å². The number of nitriles is 3. The van der Waals surface area contributed by atoms with Crippen molar-refractivity contribution < 1.29 is 0 Å². The molecule has 20 aromatic rings. The molecule has 0 aliphatic carbocycles. The maximum absolute atomic E-state index is 10.8. The summed E-state index contributed by atoms with van der Waals surface area (Å²) in [5, 5.41) is 51.9. The standard InChI is InChI=1S/C80H39N9/c81-40-55-39-74-76(66(42-83)65(55)41-82)61-36-54-30-48(18-20-50(54)34-64(61)78-84-67-15-7-8-16-70(67)88(74)78)52-24-27-72-69(38-52)86-80-62-33-49-19-17-47(29-53(49)35-59(62)58-25-21-44-10-4-6-14-57(44)77(58)89(72)80)51-23-26-71-68(37-51)85-79-63-32-46-12-2-1-11-45(46)31-60(63)75-56-13-5-3-9-43(56)22-28-73(75)87(71)79/h1-39H. The van der Waals surface area contributed by atoms with Gasteiger partial charge in [-0.25, -0.2) is 15.0 Å². The van der Waals surface area contributed by atoms with E-state index in [1.807, 2.05) is 28.7 Å². The minimum absolute atomic E-state index is 0.0682. The van der Waals surface area contributed by atoms with Crippen LogP contribution in [0.2, 0.25) is 0 Å². The Morgan fingerprint density at radius 3 is 1.38 bits per heavy atom. The number of hydrogen-bond donors (Lipinski definition) is 0. The van der Waals surface area contributed by atoms with E-state index in [9.17, 15) is 15.8 Å². The van der Waals surface area contributed by atoms with E-state index in [1.54, 1.807) is 6.07 Å². The number of hydrogen-bond acceptors (Lipinski definition) is 6. The molecule has 0 radical (unpaired) electrons. The van der Waals surface area contributed by atoms with Gasteiger partial charge < -0.3 is 0 Å². The van der Waals surface area contributed by atoms with Gasteiger partial charge in [-0.15, -0.1) is 0 Å². The quantitative estimate of drug-likeness (QED) is 0.125. The predicted octanol–water partition coefficient (Wildman–Crippen LogP) is 19.7. The first-order valence-corrected chi connectivity index (χ1v) is 29.6. The van der Waals surface area contributed by atoms with Crippen LogP contribution in [0, 0.1) is 34.0 Å². The first-order chi connectivity index (χ1) is 43.9. The molecule has 0 N–H and O–H groups in total. The molecule has 0 bridgehead atoms. The fourth-order valence-corrected chi connectivity index (χ4v) is 15.1. The van der Waals surface area contributed by atoms with Crippen LogP contribution in [0.5, 0.6) is 0 Å². The maximum atomic E-state index is 10.8. The van der Waals surface area contributed by atoms with Crippen LogP contribution in [0.4, 0.5) is 0 Å². The highest BCUT2D eigenvalue weighted by atomic mass is 15.0. The number of pyridine rings is 3. The smallest absolute Gasteiger partial charge is 0.146 e. The zero-order valence-electron chi connectivity index (χ0n) is 47.0. The monoisotopic (exact) mass is 1130 g/mol. The summed E-state index contributed by atoms with van der Waals surface area (Å²) in [6, 6.07) is 91.4. The first-order valence-electron chi connectivity index (χ1n) is 29.6. The molecule has 9 heteroatoms. The number of nitrogens with zero attached hydrogens (tertiary/aromatic N) is 9. The third-order valence-electron chi connectivity index (χ3n) is 19.1. The molecule has 14 aromatic carbocycles. The molecule has 0 spiro atoms. The lowest BCUT2D eigenvalue weighted by atomic mass is 9.92. The molecule has 20 rings (SSSR count). The van der Waals surface area contributed by atoms with Gasteiger partial charge in [0, 0.05) is 37.7 Å².